The van der Waals surface area contributed by atoms with E-state index >= 15 is 0 Å². The van der Waals surface area contributed by atoms with E-state index in [1.54, 1.807) is 0 Å². The Kier molecular flexibility index (Phi) is 3.76. The van der Waals surface area contributed by atoms with Gasteiger partial charge in [0.15, 0.2) is 0 Å². The number of aryl methyl sites for hydroxylation is 1. The molecule has 1 atom stereocenters. The number of benzene rings is 1. The number of nitrogens with zero attached hydrogens (tertiary/aromatic N) is 2. The van der Waals surface area contributed by atoms with Gasteiger partial charge in [-0.15, -0.1) is 11.6 Å². The Balaban J connectivity index is 1.98. The number of halogens is 1. The van der Waals surface area contributed by atoms with Crippen molar-refractivity contribution in [2.75, 3.05) is 13.2 Å². The second kappa shape index (κ2) is 5.51. The maximum absolute atomic E-state index is 6.06. The van der Waals surface area contributed by atoms with E-state index in [4.69, 9.17) is 16.3 Å². The number of hydrogen-bond acceptors (Lipinski definition) is 2. The second-order valence-corrected chi connectivity index (χ2v) is 5.57. The van der Waals surface area contributed by atoms with Crippen molar-refractivity contribution in [3.63, 3.8) is 0 Å². The third kappa shape index (κ3) is 2.49. The Labute approximate surface area is 118 Å². The third-order valence-electron chi connectivity index (χ3n) is 3.87. The topological polar surface area (TPSA) is 27.1 Å². The zero-order valence-corrected chi connectivity index (χ0v) is 12.0. The van der Waals surface area contributed by atoms with Gasteiger partial charge < -0.3 is 9.30 Å². The van der Waals surface area contributed by atoms with Gasteiger partial charge in [0.05, 0.1) is 23.5 Å². The first-order chi connectivity index (χ1) is 9.29. The Morgan fingerprint density at radius 2 is 2.37 bits per heavy atom. The van der Waals surface area contributed by atoms with E-state index in [0.717, 1.165) is 37.5 Å². The van der Waals surface area contributed by atoms with E-state index in [-0.39, 0.29) is 0 Å². The summed E-state index contributed by atoms with van der Waals surface area (Å²) in [7, 11) is 0. The van der Waals surface area contributed by atoms with Gasteiger partial charge in [0, 0.05) is 19.1 Å². The van der Waals surface area contributed by atoms with Crippen molar-refractivity contribution in [2.45, 2.75) is 32.2 Å². The number of aromatic nitrogens is 2. The summed E-state index contributed by atoms with van der Waals surface area (Å²) in [6.45, 7) is 4.82. The van der Waals surface area contributed by atoms with E-state index in [9.17, 15) is 0 Å². The maximum Gasteiger partial charge on any atom is 0.124 e. The van der Waals surface area contributed by atoms with Crippen molar-refractivity contribution in [3.8, 4) is 0 Å². The molecule has 2 heterocycles. The fourth-order valence-corrected chi connectivity index (χ4v) is 3.05. The lowest BCUT2D eigenvalue weighted by Crippen LogP contribution is -2.22. The standard InChI is InChI=1S/C15H19ClN2O/c1-11-4-2-6-13-15(11)17-14(8-16)18(13)9-12-5-3-7-19-10-12/h2,4,6,12H,3,5,7-10H2,1H3. The van der Waals surface area contributed by atoms with Crippen molar-refractivity contribution in [1.29, 1.82) is 0 Å². The number of alkyl halides is 1. The predicted molar refractivity (Wildman–Crippen MR) is 77.6 cm³/mol. The molecule has 102 valence electrons. The molecule has 0 radical (unpaired) electrons. The predicted octanol–water partition coefficient (Wildman–Crippen LogP) is 3.51. The van der Waals surface area contributed by atoms with Crippen LogP contribution in [-0.4, -0.2) is 22.8 Å². The number of ether oxygens (including phenoxy) is 1. The van der Waals surface area contributed by atoms with Gasteiger partial charge in [-0.05, 0) is 31.4 Å². The molecule has 19 heavy (non-hydrogen) atoms. The van der Waals surface area contributed by atoms with Crippen LogP contribution >= 0.6 is 11.6 Å². The lowest BCUT2D eigenvalue weighted by atomic mass is 10.0. The highest BCUT2D eigenvalue weighted by Crippen LogP contribution is 2.24. The van der Waals surface area contributed by atoms with Gasteiger partial charge in [-0.1, -0.05) is 12.1 Å². The van der Waals surface area contributed by atoms with E-state index in [1.807, 2.05) is 0 Å². The molecule has 0 bridgehead atoms. The summed E-state index contributed by atoms with van der Waals surface area (Å²) >= 11 is 6.06. The van der Waals surface area contributed by atoms with Crippen LogP contribution in [0.15, 0.2) is 18.2 Å². The molecule has 1 unspecified atom stereocenters. The van der Waals surface area contributed by atoms with Crippen molar-refractivity contribution in [2.24, 2.45) is 5.92 Å². The molecule has 0 saturated carbocycles. The van der Waals surface area contributed by atoms with E-state index in [1.165, 1.54) is 17.5 Å². The van der Waals surface area contributed by atoms with Crippen molar-refractivity contribution >= 4 is 22.6 Å². The normalized spacial score (nSPS) is 20.0. The fraction of sp³-hybridized carbons (Fsp3) is 0.533. The van der Waals surface area contributed by atoms with Crippen LogP contribution in [-0.2, 0) is 17.2 Å². The lowest BCUT2D eigenvalue weighted by molar-refractivity contribution is 0.0485. The molecule has 0 N–H and O–H groups in total. The van der Waals surface area contributed by atoms with Crippen LogP contribution < -0.4 is 0 Å². The van der Waals surface area contributed by atoms with Crippen LogP contribution in [0, 0.1) is 12.8 Å². The van der Waals surface area contributed by atoms with Crippen LogP contribution in [0.1, 0.15) is 24.2 Å². The van der Waals surface area contributed by atoms with Gasteiger partial charge >= 0.3 is 0 Å². The van der Waals surface area contributed by atoms with Gasteiger partial charge in [0.25, 0.3) is 0 Å². The van der Waals surface area contributed by atoms with Crippen molar-refractivity contribution in [3.05, 3.63) is 29.6 Å². The summed E-state index contributed by atoms with van der Waals surface area (Å²) in [4.78, 5) is 4.69. The third-order valence-corrected chi connectivity index (χ3v) is 4.11. The molecule has 1 aromatic heterocycles. The Morgan fingerprint density at radius 3 is 3.11 bits per heavy atom. The monoisotopic (exact) mass is 278 g/mol. The molecule has 2 aromatic rings. The molecule has 3 rings (SSSR count). The number of para-hydroxylation sites is 1. The van der Waals surface area contributed by atoms with Gasteiger partial charge in [0.1, 0.15) is 5.82 Å². The zero-order valence-electron chi connectivity index (χ0n) is 11.2. The zero-order chi connectivity index (χ0) is 13.2. The molecular formula is C15H19ClN2O. The summed E-state index contributed by atoms with van der Waals surface area (Å²) in [5.74, 6) is 2.01. The smallest absolute Gasteiger partial charge is 0.124 e. The highest BCUT2D eigenvalue weighted by molar-refractivity contribution is 6.16. The molecule has 3 nitrogen and oxygen atoms in total. The Bertz CT molecular complexity index is 573. The van der Waals surface area contributed by atoms with E-state index in [0.29, 0.717) is 11.8 Å². The summed E-state index contributed by atoms with van der Waals surface area (Å²) < 4.78 is 7.85. The highest BCUT2D eigenvalue weighted by Gasteiger charge is 2.18. The first kappa shape index (κ1) is 12.9. The molecule has 0 aliphatic carbocycles. The SMILES string of the molecule is Cc1cccc2c1nc(CCl)n2CC1CCCOC1. The lowest BCUT2D eigenvalue weighted by Gasteiger charge is -2.23. The van der Waals surface area contributed by atoms with Gasteiger partial charge in [-0.2, -0.15) is 0 Å². The molecule has 4 heteroatoms. The average molecular weight is 279 g/mol. The van der Waals surface area contributed by atoms with E-state index < -0.39 is 0 Å². The molecule has 1 saturated heterocycles. The van der Waals surface area contributed by atoms with Crippen LogP contribution in [0.2, 0.25) is 0 Å². The quantitative estimate of drug-likeness (QED) is 0.804. The number of rotatable bonds is 3. The van der Waals surface area contributed by atoms with Crippen LogP contribution in [0.5, 0.6) is 0 Å². The maximum atomic E-state index is 6.06. The summed E-state index contributed by atoms with van der Waals surface area (Å²) in [6.07, 6.45) is 2.39. The molecule has 1 aliphatic heterocycles. The second-order valence-electron chi connectivity index (χ2n) is 5.30. The fourth-order valence-electron chi connectivity index (χ4n) is 2.85. The first-order valence-corrected chi connectivity index (χ1v) is 7.41. The van der Waals surface area contributed by atoms with Crippen LogP contribution in [0.3, 0.4) is 0 Å². The Hall–Kier alpha value is -1.06. The van der Waals surface area contributed by atoms with Crippen LogP contribution in [0.25, 0.3) is 11.0 Å². The summed E-state index contributed by atoms with van der Waals surface area (Å²) in [5.41, 5.74) is 3.48. The van der Waals surface area contributed by atoms with Crippen molar-refractivity contribution < 1.29 is 4.74 Å². The molecule has 1 fully saturated rings. The number of hydrogen-bond donors (Lipinski definition) is 0. The Morgan fingerprint density at radius 1 is 1.47 bits per heavy atom. The number of fused-ring (bicyclic) bond motifs is 1. The molecule has 0 amide bonds. The molecule has 1 aliphatic rings. The van der Waals surface area contributed by atoms with E-state index in [2.05, 4.69) is 34.7 Å². The van der Waals surface area contributed by atoms with Crippen molar-refractivity contribution in [1.82, 2.24) is 9.55 Å². The molecule has 1 aromatic carbocycles. The highest BCUT2D eigenvalue weighted by atomic mass is 35.5. The first-order valence-electron chi connectivity index (χ1n) is 6.88. The van der Waals surface area contributed by atoms with Crippen LogP contribution in [0.4, 0.5) is 0 Å². The minimum absolute atomic E-state index is 0.460. The number of imidazole rings is 1. The van der Waals surface area contributed by atoms with Gasteiger partial charge in [-0.25, -0.2) is 4.98 Å². The molecule has 0 spiro atoms. The molecular weight excluding hydrogens is 260 g/mol. The van der Waals surface area contributed by atoms with Gasteiger partial charge in [-0.3, -0.25) is 0 Å². The average Bonchev–Trinajstić information content (AvgIpc) is 2.80. The summed E-state index contributed by atoms with van der Waals surface area (Å²) in [5, 5.41) is 0. The minimum Gasteiger partial charge on any atom is -0.381 e. The summed E-state index contributed by atoms with van der Waals surface area (Å²) in [6, 6.07) is 6.32. The van der Waals surface area contributed by atoms with Gasteiger partial charge in [0.2, 0.25) is 0 Å². The minimum atomic E-state index is 0.460. The largest absolute Gasteiger partial charge is 0.381 e.